The van der Waals surface area contributed by atoms with Crippen molar-refractivity contribution in [3.05, 3.63) is 68.7 Å². The Hall–Kier alpha value is -2.49. The average molecular weight is 452 g/mol. The van der Waals surface area contributed by atoms with E-state index in [1.54, 1.807) is 13.0 Å². The average Bonchev–Trinajstić information content (AvgIpc) is 2.73. The van der Waals surface area contributed by atoms with Gasteiger partial charge < -0.3 is 5.32 Å². The minimum absolute atomic E-state index is 0.0710. The van der Waals surface area contributed by atoms with Crippen LogP contribution in [0.4, 0.5) is 5.69 Å². The van der Waals surface area contributed by atoms with Gasteiger partial charge in [-0.3, -0.25) is 14.9 Å². The summed E-state index contributed by atoms with van der Waals surface area (Å²) in [6, 6.07) is 11.0. The second kappa shape index (κ2) is 9.11. The Morgan fingerprint density at radius 3 is 2.53 bits per heavy atom. The predicted octanol–water partition coefficient (Wildman–Crippen LogP) is 3.27. The number of benzene rings is 2. The highest BCUT2D eigenvalue weighted by atomic mass is 35.5. The molecule has 0 unspecified atom stereocenters. The lowest BCUT2D eigenvalue weighted by Crippen LogP contribution is -2.43. The number of rotatable bonds is 6. The first-order valence-electron chi connectivity index (χ1n) is 9.46. The third-order valence-corrected chi connectivity index (χ3v) is 7.65. The van der Waals surface area contributed by atoms with E-state index >= 15 is 0 Å². The van der Waals surface area contributed by atoms with Gasteiger partial charge in [0, 0.05) is 42.7 Å². The lowest BCUT2D eigenvalue weighted by molar-refractivity contribution is -0.385. The molecule has 0 aliphatic carbocycles. The molecule has 0 spiro atoms. The van der Waals surface area contributed by atoms with Gasteiger partial charge in [-0.1, -0.05) is 35.9 Å². The van der Waals surface area contributed by atoms with Crippen molar-refractivity contribution in [3.63, 3.8) is 0 Å². The molecule has 0 bridgehead atoms. The molecule has 2 aromatic carbocycles. The third kappa shape index (κ3) is 4.80. The van der Waals surface area contributed by atoms with Crippen molar-refractivity contribution >= 4 is 33.2 Å². The zero-order valence-corrected chi connectivity index (χ0v) is 17.9. The summed E-state index contributed by atoms with van der Waals surface area (Å²) in [6.07, 6.45) is 0.753. The van der Waals surface area contributed by atoms with Gasteiger partial charge >= 0.3 is 0 Å². The zero-order chi connectivity index (χ0) is 21.9. The zero-order valence-electron chi connectivity index (χ0n) is 16.4. The molecule has 1 aliphatic heterocycles. The Morgan fingerprint density at radius 2 is 1.90 bits per heavy atom. The first kappa shape index (κ1) is 22.2. The molecule has 10 heteroatoms. The number of aryl methyl sites for hydroxylation is 1. The maximum atomic E-state index is 13.0. The van der Waals surface area contributed by atoms with Gasteiger partial charge in [0.1, 0.15) is 0 Å². The van der Waals surface area contributed by atoms with Crippen LogP contribution in [0.5, 0.6) is 0 Å². The molecule has 0 atom stereocenters. The molecule has 1 aliphatic rings. The Balaban J connectivity index is 1.63. The number of nitrogens with zero attached hydrogens (tertiary/aromatic N) is 2. The molecule has 8 nitrogen and oxygen atoms in total. The second-order valence-electron chi connectivity index (χ2n) is 7.19. The lowest BCUT2D eigenvalue weighted by atomic mass is 9.97. The van der Waals surface area contributed by atoms with E-state index < -0.39 is 14.9 Å². The number of nitro groups is 1. The summed E-state index contributed by atoms with van der Waals surface area (Å²) in [5.41, 5.74) is 0.988. The van der Waals surface area contributed by atoms with Crippen LogP contribution in [0.25, 0.3) is 0 Å². The Kier molecular flexibility index (Phi) is 6.74. The van der Waals surface area contributed by atoms with Crippen LogP contribution in [0.1, 0.15) is 24.0 Å². The van der Waals surface area contributed by atoms with Gasteiger partial charge in [0.15, 0.2) is 0 Å². The van der Waals surface area contributed by atoms with E-state index in [0.717, 1.165) is 11.6 Å². The van der Waals surface area contributed by atoms with E-state index in [0.29, 0.717) is 30.0 Å². The van der Waals surface area contributed by atoms with Crippen molar-refractivity contribution in [1.82, 2.24) is 9.62 Å². The minimum Gasteiger partial charge on any atom is -0.352 e. The molecule has 0 saturated carbocycles. The number of hydrogen-bond donors (Lipinski definition) is 1. The molecule has 1 saturated heterocycles. The number of piperidine rings is 1. The summed E-state index contributed by atoms with van der Waals surface area (Å²) in [5.74, 6) is -0.441. The number of nitro benzene ring substituents is 1. The molecule has 160 valence electrons. The number of hydrogen-bond acceptors (Lipinski definition) is 5. The summed E-state index contributed by atoms with van der Waals surface area (Å²) in [5, 5.41) is 14.4. The molecule has 1 fully saturated rings. The highest BCUT2D eigenvalue weighted by Gasteiger charge is 2.33. The second-order valence-corrected chi connectivity index (χ2v) is 9.51. The predicted molar refractivity (Wildman–Crippen MR) is 113 cm³/mol. The number of carbonyl (C=O) groups is 1. The first-order valence-corrected chi connectivity index (χ1v) is 11.3. The maximum absolute atomic E-state index is 13.0. The van der Waals surface area contributed by atoms with Crippen LogP contribution in [0.3, 0.4) is 0 Å². The van der Waals surface area contributed by atoms with Gasteiger partial charge in [-0.25, -0.2) is 8.42 Å². The number of sulfonamides is 1. The molecule has 0 radical (unpaired) electrons. The smallest absolute Gasteiger partial charge is 0.270 e. The topological polar surface area (TPSA) is 110 Å². The summed E-state index contributed by atoms with van der Waals surface area (Å²) in [6.45, 7) is 2.26. The number of carbonyl (C=O) groups excluding carboxylic acids is 1. The molecule has 1 N–H and O–H groups in total. The summed E-state index contributed by atoms with van der Waals surface area (Å²) >= 11 is 6.10. The van der Waals surface area contributed by atoms with E-state index in [1.807, 2.05) is 18.2 Å². The van der Waals surface area contributed by atoms with Crippen LogP contribution in [-0.4, -0.2) is 36.6 Å². The van der Waals surface area contributed by atoms with Gasteiger partial charge in [0.2, 0.25) is 15.9 Å². The van der Waals surface area contributed by atoms with Gasteiger partial charge in [-0.05, 0) is 37.0 Å². The van der Waals surface area contributed by atoms with Crippen LogP contribution in [0.2, 0.25) is 5.02 Å². The highest BCUT2D eigenvalue weighted by Crippen LogP contribution is 2.28. The van der Waals surface area contributed by atoms with E-state index in [2.05, 4.69) is 5.32 Å². The summed E-state index contributed by atoms with van der Waals surface area (Å²) in [7, 11) is -3.88. The number of halogens is 1. The van der Waals surface area contributed by atoms with Crippen LogP contribution >= 0.6 is 11.6 Å². The van der Waals surface area contributed by atoms with Crippen LogP contribution in [0.15, 0.2) is 47.4 Å². The van der Waals surface area contributed by atoms with E-state index in [9.17, 15) is 23.3 Å². The van der Waals surface area contributed by atoms with Gasteiger partial charge in [0.05, 0.1) is 9.82 Å². The monoisotopic (exact) mass is 451 g/mol. The van der Waals surface area contributed by atoms with Crippen molar-refractivity contribution in [2.75, 3.05) is 13.1 Å². The van der Waals surface area contributed by atoms with Gasteiger partial charge in [-0.2, -0.15) is 4.31 Å². The van der Waals surface area contributed by atoms with Crippen molar-refractivity contribution < 1.29 is 18.1 Å². The van der Waals surface area contributed by atoms with Crippen LogP contribution < -0.4 is 5.32 Å². The van der Waals surface area contributed by atoms with Crippen molar-refractivity contribution in [2.45, 2.75) is 31.2 Å². The largest absolute Gasteiger partial charge is 0.352 e. The van der Waals surface area contributed by atoms with Crippen molar-refractivity contribution in [1.29, 1.82) is 0 Å². The van der Waals surface area contributed by atoms with Gasteiger partial charge in [0.25, 0.3) is 5.69 Å². The molecule has 1 heterocycles. The number of non-ortho nitro benzene ring substituents is 1. The van der Waals surface area contributed by atoms with E-state index in [-0.39, 0.29) is 35.5 Å². The molecule has 30 heavy (non-hydrogen) atoms. The first-order chi connectivity index (χ1) is 14.2. The van der Waals surface area contributed by atoms with Crippen LogP contribution in [-0.2, 0) is 21.4 Å². The van der Waals surface area contributed by atoms with Gasteiger partial charge in [-0.15, -0.1) is 0 Å². The molecule has 3 rings (SSSR count). The minimum atomic E-state index is -3.88. The molecule has 0 aromatic heterocycles. The quantitative estimate of drug-likeness (QED) is 0.535. The third-order valence-electron chi connectivity index (χ3n) is 5.24. The fourth-order valence-electron chi connectivity index (χ4n) is 3.45. The molecular formula is C20H22ClN3O5S. The summed E-state index contributed by atoms with van der Waals surface area (Å²) < 4.78 is 27.3. The maximum Gasteiger partial charge on any atom is 0.270 e. The number of nitrogens with one attached hydrogen (secondary N) is 1. The van der Waals surface area contributed by atoms with Crippen molar-refractivity contribution in [2.24, 2.45) is 5.92 Å². The Morgan fingerprint density at radius 1 is 1.23 bits per heavy atom. The van der Waals surface area contributed by atoms with E-state index in [1.165, 1.54) is 16.4 Å². The lowest BCUT2D eigenvalue weighted by Gasteiger charge is -2.31. The Bertz CT molecular complexity index is 1070. The molecule has 2 aromatic rings. The Labute approximate surface area is 180 Å². The summed E-state index contributed by atoms with van der Waals surface area (Å²) in [4.78, 5) is 22.8. The fourth-order valence-corrected chi connectivity index (χ4v) is 5.36. The van der Waals surface area contributed by atoms with Crippen LogP contribution in [0, 0.1) is 23.0 Å². The number of amides is 1. The fraction of sp³-hybridized carbons (Fsp3) is 0.350. The SMILES string of the molecule is Cc1ccc([N+](=O)[O-])cc1S(=O)(=O)N1CCC(C(=O)NCc2ccccc2Cl)CC1. The van der Waals surface area contributed by atoms with E-state index in [4.69, 9.17) is 11.6 Å². The van der Waals surface area contributed by atoms with Crippen molar-refractivity contribution in [3.8, 4) is 0 Å². The normalized spacial score (nSPS) is 15.7. The molecule has 1 amide bonds. The molecular weight excluding hydrogens is 430 g/mol. The standard InChI is InChI=1S/C20H22ClN3O5S/c1-14-6-7-17(24(26)27)12-19(14)30(28,29)23-10-8-15(9-11-23)20(25)22-13-16-4-2-3-5-18(16)21/h2-7,12,15H,8-11,13H2,1H3,(H,22,25). The highest BCUT2D eigenvalue weighted by molar-refractivity contribution is 7.89.